The molecular weight excluding hydrogens is 912 g/mol. The van der Waals surface area contributed by atoms with E-state index in [1.54, 1.807) is 52.3 Å². The number of aryl methyl sites for hydroxylation is 1. The Morgan fingerprint density at radius 1 is 0.914 bits per heavy atom. The first-order valence-corrected chi connectivity index (χ1v) is 23.9. The van der Waals surface area contributed by atoms with Crippen molar-refractivity contribution in [1.29, 1.82) is 0 Å². The van der Waals surface area contributed by atoms with E-state index < -0.39 is 47.5 Å². The number of fused-ring (bicyclic) bond motifs is 2. The molecule has 5 aliphatic rings. The monoisotopic (exact) mass is 969 g/mol. The summed E-state index contributed by atoms with van der Waals surface area (Å²) >= 11 is 0. The molecule has 1 saturated carbocycles. The van der Waals surface area contributed by atoms with E-state index in [0.717, 1.165) is 61.2 Å². The van der Waals surface area contributed by atoms with E-state index in [2.05, 4.69) is 35.7 Å². The Balaban J connectivity index is 0.791. The van der Waals surface area contributed by atoms with Crippen LogP contribution in [0.3, 0.4) is 0 Å². The predicted molar refractivity (Wildman–Crippen MR) is 252 cm³/mol. The van der Waals surface area contributed by atoms with Gasteiger partial charge in [-0.15, -0.1) is 0 Å². The van der Waals surface area contributed by atoms with Gasteiger partial charge in [0.1, 0.15) is 17.7 Å². The first-order chi connectivity index (χ1) is 33.4. The number of hydrogen-bond donors (Lipinski definition) is 4. The van der Waals surface area contributed by atoms with Gasteiger partial charge in [0.15, 0.2) is 11.5 Å². The van der Waals surface area contributed by atoms with Crippen molar-refractivity contribution in [3.63, 3.8) is 0 Å². The number of rotatable bonds is 15. The summed E-state index contributed by atoms with van der Waals surface area (Å²) in [4.78, 5) is 78.9. The van der Waals surface area contributed by atoms with Gasteiger partial charge in [0.2, 0.25) is 17.7 Å². The summed E-state index contributed by atoms with van der Waals surface area (Å²) in [6.07, 6.45) is 1.13. The minimum atomic E-state index is -4.56. The van der Waals surface area contributed by atoms with Gasteiger partial charge < -0.3 is 35.5 Å². The second kappa shape index (κ2) is 19.3. The Labute approximate surface area is 402 Å². The molecule has 3 saturated heterocycles. The molecule has 4 aromatic rings. The molecule has 5 heterocycles. The average molecular weight is 970 g/mol. The van der Waals surface area contributed by atoms with Crippen LogP contribution in [-0.2, 0) is 25.3 Å². The summed E-state index contributed by atoms with van der Waals surface area (Å²) in [5.41, 5.74) is 7.01. The maximum atomic E-state index is 13.6. The summed E-state index contributed by atoms with van der Waals surface area (Å²) in [6.45, 7) is 6.56. The van der Waals surface area contributed by atoms with Crippen LogP contribution in [0.5, 0.6) is 11.5 Å². The molecule has 5 amide bonds. The number of aromatic nitrogens is 2. The van der Waals surface area contributed by atoms with Crippen LogP contribution in [0, 0.1) is 12.3 Å². The van der Waals surface area contributed by atoms with Gasteiger partial charge in [0.25, 0.3) is 11.8 Å². The number of hydrogen-bond acceptors (Lipinski definition) is 14. The highest BCUT2D eigenvalue weighted by Gasteiger charge is 2.49. The van der Waals surface area contributed by atoms with E-state index in [1.807, 2.05) is 6.07 Å². The number of nitrogens with two attached hydrogens (primary N) is 1. The van der Waals surface area contributed by atoms with Crippen molar-refractivity contribution in [2.24, 2.45) is 5.41 Å². The fourth-order valence-corrected chi connectivity index (χ4v) is 10.3. The lowest BCUT2D eigenvalue weighted by Crippen LogP contribution is -2.54. The third-order valence-corrected chi connectivity index (χ3v) is 14.5. The summed E-state index contributed by atoms with van der Waals surface area (Å²) in [6, 6.07) is 10.2. The SMILES string of the molecule is CNC(=O)C(CC1(COc2cc3c(N[C@H](C)c4cc(N)cc(C(F)(F)F)c4)nc(C)nc3cc2OC)CC1)N1CCC(OC2CCN(c3ccc4c(c3)C(=O)N(C3CCC(=O)NC3=O)C4=O)CC2)CC1. The van der Waals surface area contributed by atoms with Crippen molar-refractivity contribution in [2.75, 3.05) is 62.9 Å². The number of nitrogen functional groups attached to an aromatic ring is 1. The third-order valence-electron chi connectivity index (χ3n) is 14.5. The number of halogens is 3. The number of anilines is 3. The molecule has 2 unspecified atom stereocenters. The molecular formula is C50H58F3N9O8. The van der Waals surface area contributed by atoms with Crippen molar-refractivity contribution in [2.45, 2.75) is 108 Å². The number of methoxy groups -OCH3 is 1. The molecule has 3 atom stereocenters. The highest BCUT2D eigenvalue weighted by Crippen LogP contribution is 2.51. The second-order valence-electron chi connectivity index (χ2n) is 19.2. The molecule has 1 aromatic heterocycles. The number of ether oxygens (including phenoxy) is 3. The number of piperidine rings is 3. The zero-order valence-electron chi connectivity index (χ0n) is 39.6. The van der Waals surface area contributed by atoms with Gasteiger partial charge in [0.05, 0.1) is 60.2 Å². The van der Waals surface area contributed by atoms with Crippen molar-refractivity contribution < 1.29 is 51.4 Å². The van der Waals surface area contributed by atoms with E-state index in [9.17, 15) is 37.1 Å². The number of benzene rings is 3. The minimum absolute atomic E-state index is 0.000297. The van der Waals surface area contributed by atoms with E-state index in [0.29, 0.717) is 78.8 Å². The van der Waals surface area contributed by atoms with Crippen molar-refractivity contribution in [3.8, 4) is 11.5 Å². The van der Waals surface area contributed by atoms with E-state index in [4.69, 9.17) is 19.9 Å². The largest absolute Gasteiger partial charge is 0.493 e. The number of nitrogens with zero attached hydrogens (tertiary/aromatic N) is 5. The van der Waals surface area contributed by atoms with Crippen molar-refractivity contribution in [1.82, 2.24) is 30.4 Å². The molecule has 0 spiro atoms. The zero-order valence-corrected chi connectivity index (χ0v) is 39.6. The molecule has 0 radical (unpaired) electrons. The number of imide groups is 2. The highest BCUT2D eigenvalue weighted by atomic mass is 19.4. The molecule has 4 fully saturated rings. The number of likely N-dealkylation sites (tertiary alicyclic amines) is 1. The number of nitrogens with one attached hydrogen (secondary N) is 3. The lowest BCUT2D eigenvalue weighted by atomic mass is 9.94. The smallest absolute Gasteiger partial charge is 0.416 e. The molecule has 20 heteroatoms. The predicted octanol–water partition coefficient (Wildman–Crippen LogP) is 5.94. The van der Waals surface area contributed by atoms with Gasteiger partial charge >= 0.3 is 6.18 Å². The van der Waals surface area contributed by atoms with Gasteiger partial charge in [-0.2, -0.15) is 13.2 Å². The van der Waals surface area contributed by atoms with Crippen LogP contribution in [0.2, 0.25) is 0 Å². The van der Waals surface area contributed by atoms with E-state index in [-0.39, 0.29) is 59.2 Å². The van der Waals surface area contributed by atoms with Crippen LogP contribution >= 0.6 is 0 Å². The summed E-state index contributed by atoms with van der Waals surface area (Å²) in [7, 11) is 3.19. The molecule has 3 aromatic carbocycles. The van der Waals surface area contributed by atoms with Crippen LogP contribution in [-0.4, -0.2) is 121 Å². The quantitative estimate of drug-likeness (QED) is 0.0804. The highest BCUT2D eigenvalue weighted by molar-refractivity contribution is 6.23. The van der Waals surface area contributed by atoms with Gasteiger partial charge in [0, 0.05) is 67.9 Å². The summed E-state index contributed by atoms with van der Waals surface area (Å²) in [5.74, 6) is -0.401. The second-order valence-corrected chi connectivity index (χ2v) is 19.2. The van der Waals surface area contributed by atoms with Crippen molar-refractivity contribution in [3.05, 3.63) is 76.6 Å². The van der Waals surface area contributed by atoms with Gasteiger partial charge in [-0.05, 0) is 113 Å². The molecule has 372 valence electrons. The van der Waals surface area contributed by atoms with Crippen LogP contribution in [0.15, 0.2) is 48.5 Å². The summed E-state index contributed by atoms with van der Waals surface area (Å²) < 4.78 is 59.9. The first-order valence-electron chi connectivity index (χ1n) is 23.9. The molecule has 17 nitrogen and oxygen atoms in total. The normalized spacial score (nSPS) is 20.8. The van der Waals surface area contributed by atoms with Gasteiger partial charge in [-0.3, -0.25) is 39.1 Å². The van der Waals surface area contributed by atoms with Gasteiger partial charge in [-0.1, -0.05) is 0 Å². The lowest BCUT2D eigenvalue weighted by molar-refractivity contribution is -0.138. The number of carbonyl (C=O) groups excluding carboxylic acids is 5. The maximum absolute atomic E-state index is 13.6. The third kappa shape index (κ3) is 10.1. The molecule has 1 aliphatic carbocycles. The Morgan fingerprint density at radius 3 is 2.27 bits per heavy atom. The Morgan fingerprint density at radius 2 is 1.61 bits per heavy atom. The first kappa shape index (κ1) is 48.5. The average Bonchev–Trinajstić information content (AvgIpc) is 4.06. The number of likely N-dealkylation sites (N-methyl/N-ethyl adjacent to an activating group) is 1. The molecule has 5 N–H and O–H groups in total. The Hall–Kier alpha value is -6.54. The Bertz CT molecular complexity index is 2720. The molecule has 70 heavy (non-hydrogen) atoms. The summed E-state index contributed by atoms with van der Waals surface area (Å²) in [5, 5.41) is 8.97. The van der Waals surface area contributed by atoms with Crippen LogP contribution in [0.25, 0.3) is 10.9 Å². The minimum Gasteiger partial charge on any atom is -0.493 e. The number of carbonyl (C=O) groups is 5. The zero-order chi connectivity index (χ0) is 49.6. The maximum Gasteiger partial charge on any atom is 0.416 e. The fourth-order valence-electron chi connectivity index (χ4n) is 10.3. The molecule has 9 rings (SSSR count). The standard InChI is InChI=1S/C50H58F3N9O8/c1-27(29-19-30(50(51,52)53)21-31(54)20-29)56-44-37-23-42(41(68-4)24-38(37)57-28(2)58-44)69-26-49(13-14-49)25-40(45(64)55-3)61-17-11-34(12-18-61)70-33-9-15-60(16-10-33)32-5-6-35-36(22-32)48(67)62(47(35)66)39-7-8-43(63)59-46(39)65/h5-6,19-24,27,33-34,39-40H,7-18,25-26,54H2,1-4H3,(H,55,64)(H,56,57,58)(H,59,63,65)/t27-,39?,40?/m1/s1. The number of alkyl halides is 3. The number of amides is 5. The molecule has 4 aliphatic heterocycles. The van der Waals surface area contributed by atoms with E-state index >= 15 is 0 Å². The van der Waals surface area contributed by atoms with Gasteiger partial charge in [-0.25, -0.2) is 9.97 Å². The van der Waals surface area contributed by atoms with Crippen LogP contribution in [0.1, 0.15) is 108 Å². The molecule has 0 bridgehead atoms. The topological polar surface area (TPSA) is 211 Å². The fraction of sp³-hybridized carbons (Fsp3) is 0.500. The van der Waals surface area contributed by atoms with E-state index in [1.165, 1.54) is 6.07 Å². The van der Waals surface area contributed by atoms with Crippen LogP contribution in [0.4, 0.5) is 30.4 Å². The lowest BCUT2D eigenvalue weighted by Gasteiger charge is -2.40. The Kier molecular flexibility index (Phi) is 13.4. The van der Waals surface area contributed by atoms with Crippen molar-refractivity contribution >= 4 is 57.6 Å². The van der Waals surface area contributed by atoms with Crippen LogP contribution < -0.4 is 36.1 Å².